The number of nitrogens with one attached hydrogen (secondary N) is 1. The average molecular weight is 441 g/mol. The first-order chi connectivity index (χ1) is 16.1. The van der Waals surface area contributed by atoms with Crippen LogP contribution in [0.3, 0.4) is 0 Å². The van der Waals surface area contributed by atoms with Crippen LogP contribution in [0.5, 0.6) is 0 Å². The minimum atomic E-state index is 0.363. The number of aliphatic imine (C=N–C) groups is 2. The Morgan fingerprint density at radius 3 is 2.48 bits per heavy atom. The van der Waals surface area contributed by atoms with Crippen molar-refractivity contribution < 1.29 is 4.57 Å². The van der Waals surface area contributed by atoms with Crippen molar-refractivity contribution in [3.8, 4) is 0 Å². The summed E-state index contributed by atoms with van der Waals surface area (Å²) in [6, 6.07) is 13.8. The number of hydrogen-bond acceptors (Lipinski definition) is 5. The van der Waals surface area contributed by atoms with Crippen molar-refractivity contribution in [3.05, 3.63) is 91.1 Å². The second-order valence-corrected chi connectivity index (χ2v) is 7.94. The lowest BCUT2D eigenvalue weighted by molar-refractivity contribution is -0.671. The highest BCUT2D eigenvalue weighted by atomic mass is 15.1. The van der Waals surface area contributed by atoms with Gasteiger partial charge in [-0.05, 0) is 54.1 Å². The fourth-order valence-electron chi connectivity index (χ4n) is 3.57. The molecule has 0 atom stereocenters. The fraction of sp³-hybridized carbons (Fsp3) is 0.192. The summed E-state index contributed by atoms with van der Waals surface area (Å²) in [6.07, 6.45) is 15.1. The van der Waals surface area contributed by atoms with E-state index in [1.165, 1.54) is 0 Å². The van der Waals surface area contributed by atoms with Gasteiger partial charge < -0.3 is 16.8 Å². The van der Waals surface area contributed by atoms with Crippen LogP contribution in [0.15, 0.2) is 95.5 Å². The Morgan fingerprint density at radius 1 is 1.03 bits per heavy atom. The predicted molar refractivity (Wildman–Crippen MR) is 136 cm³/mol. The topological polar surface area (TPSA) is 97.6 Å². The van der Waals surface area contributed by atoms with Crippen LogP contribution in [0.25, 0.3) is 0 Å². The van der Waals surface area contributed by atoms with Crippen LogP contribution < -0.4 is 21.4 Å². The molecule has 2 aromatic carbocycles. The Bertz CT molecular complexity index is 1200. The maximum atomic E-state index is 6.25. The molecule has 7 nitrogen and oxygen atoms in total. The average Bonchev–Trinajstić information content (AvgIpc) is 3.25. The van der Waals surface area contributed by atoms with E-state index in [1.54, 1.807) is 0 Å². The molecule has 1 aliphatic carbocycles. The molecule has 4 rings (SSSR count). The van der Waals surface area contributed by atoms with E-state index in [2.05, 4.69) is 27.4 Å². The van der Waals surface area contributed by atoms with Gasteiger partial charge in [-0.1, -0.05) is 18.2 Å². The normalized spacial score (nSPS) is 12.8. The van der Waals surface area contributed by atoms with Gasteiger partial charge in [0, 0.05) is 25.2 Å². The molecule has 0 bridgehead atoms. The van der Waals surface area contributed by atoms with Crippen molar-refractivity contribution in [1.29, 1.82) is 0 Å². The molecule has 0 unspecified atom stereocenters. The molecule has 0 aliphatic heterocycles. The highest BCUT2D eigenvalue weighted by Crippen LogP contribution is 2.32. The van der Waals surface area contributed by atoms with E-state index in [0.717, 1.165) is 53.6 Å². The minimum Gasteiger partial charge on any atom is -0.397 e. The molecular weight excluding hydrogens is 410 g/mol. The van der Waals surface area contributed by atoms with Crippen molar-refractivity contribution >= 4 is 34.2 Å². The van der Waals surface area contributed by atoms with Gasteiger partial charge in [-0.3, -0.25) is 4.99 Å². The molecule has 168 valence electrons. The third-order valence-corrected chi connectivity index (χ3v) is 5.32. The first kappa shape index (κ1) is 22.2. The molecule has 0 spiro atoms. The molecule has 33 heavy (non-hydrogen) atoms. The number of aromatic nitrogens is 2. The molecule has 0 saturated carbocycles. The van der Waals surface area contributed by atoms with E-state index in [1.807, 2.05) is 84.6 Å². The molecular formula is C26H30N7+. The zero-order valence-corrected chi connectivity index (χ0v) is 18.9. The van der Waals surface area contributed by atoms with Gasteiger partial charge in [-0.25, -0.2) is 14.1 Å². The number of aryl methyl sites for hydroxylation is 2. The van der Waals surface area contributed by atoms with Crippen LogP contribution in [0.1, 0.15) is 12.0 Å². The smallest absolute Gasteiger partial charge is 0.243 e. The second-order valence-electron chi connectivity index (χ2n) is 7.94. The lowest BCUT2D eigenvalue weighted by Crippen LogP contribution is -2.23. The summed E-state index contributed by atoms with van der Waals surface area (Å²) in [4.78, 5) is 9.49. The van der Waals surface area contributed by atoms with E-state index < -0.39 is 0 Å². The Balaban J connectivity index is 1.43. The van der Waals surface area contributed by atoms with E-state index in [9.17, 15) is 0 Å². The largest absolute Gasteiger partial charge is 0.397 e. The van der Waals surface area contributed by atoms with Gasteiger partial charge in [0.25, 0.3) is 0 Å². The fourth-order valence-corrected chi connectivity index (χ4v) is 3.57. The predicted octanol–water partition coefficient (Wildman–Crippen LogP) is 3.83. The molecule has 7 heteroatoms. The van der Waals surface area contributed by atoms with Gasteiger partial charge in [0.05, 0.1) is 42.1 Å². The van der Waals surface area contributed by atoms with Crippen LogP contribution in [-0.4, -0.2) is 22.5 Å². The standard InChI is InChI=1S/C26H30N7/c1-32-14-15-33(19-32)13-5-12-29-21-8-10-23(11-9-21)30-25-17-26(24(28)16-20(25)18-27)31-22-6-3-2-4-7-22/h2-4,6-11,14-17,19,31H,5,12-13,18,27-28H2,1H3/q+1. The maximum absolute atomic E-state index is 6.25. The molecule has 1 aromatic heterocycles. The molecule has 3 aromatic rings. The van der Waals surface area contributed by atoms with Gasteiger partial charge in [0.2, 0.25) is 6.33 Å². The minimum absolute atomic E-state index is 0.363. The van der Waals surface area contributed by atoms with Crippen LogP contribution in [0, 0.1) is 0 Å². The molecule has 1 heterocycles. The van der Waals surface area contributed by atoms with Gasteiger partial charge >= 0.3 is 0 Å². The Labute approximate surface area is 194 Å². The van der Waals surface area contributed by atoms with Crippen LogP contribution in [0.2, 0.25) is 0 Å². The van der Waals surface area contributed by atoms with E-state index in [-0.39, 0.29) is 0 Å². The molecule has 1 aliphatic rings. The summed E-state index contributed by atoms with van der Waals surface area (Å²) < 4.78 is 4.21. The van der Waals surface area contributed by atoms with E-state index in [4.69, 9.17) is 16.5 Å². The van der Waals surface area contributed by atoms with E-state index in [0.29, 0.717) is 12.2 Å². The molecule has 0 saturated heterocycles. The van der Waals surface area contributed by atoms with Crippen molar-refractivity contribution in [1.82, 2.24) is 4.57 Å². The zero-order chi connectivity index (χ0) is 23.0. The third kappa shape index (κ3) is 6.05. The number of benzene rings is 2. The number of hydrogen-bond donors (Lipinski definition) is 3. The first-order valence-electron chi connectivity index (χ1n) is 11.1. The number of para-hydroxylation sites is 1. The lowest BCUT2D eigenvalue weighted by atomic mass is 10.1. The monoisotopic (exact) mass is 440 g/mol. The summed E-state index contributed by atoms with van der Waals surface area (Å²) in [5, 5.41) is 3.36. The number of rotatable bonds is 8. The third-order valence-electron chi connectivity index (χ3n) is 5.32. The summed E-state index contributed by atoms with van der Waals surface area (Å²) in [5.41, 5.74) is 18.1. The van der Waals surface area contributed by atoms with E-state index >= 15 is 0 Å². The summed E-state index contributed by atoms with van der Waals surface area (Å²) >= 11 is 0. The molecule has 0 amide bonds. The second kappa shape index (κ2) is 10.6. The highest BCUT2D eigenvalue weighted by molar-refractivity contribution is 6.19. The maximum Gasteiger partial charge on any atom is 0.243 e. The number of imidazole rings is 1. The quantitative estimate of drug-likeness (QED) is 0.215. The molecule has 0 fully saturated rings. The number of nitrogens with zero attached hydrogens (tertiary/aromatic N) is 4. The molecule has 0 radical (unpaired) electrons. The molecule has 5 N–H and O–H groups in total. The number of allylic oxidation sites excluding steroid dienone is 4. The van der Waals surface area contributed by atoms with Gasteiger partial charge in [0.1, 0.15) is 12.4 Å². The van der Waals surface area contributed by atoms with Crippen molar-refractivity contribution in [2.45, 2.75) is 19.5 Å². The number of anilines is 3. The van der Waals surface area contributed by atoms with Gasteiger partial charge in [0.15, 0.2) is 0 Å². The highest BCUT2D eigenvalue weighted by Gasteiger charge is 2.09. The summed E-state index contributed by atoms with van der Waals surface area (Å²) in [5.74, 6) is 0. The number of nitrogen functional groups attached to an aromatic ring is 1. The van der Waals surface area contributed by atoms with Crippen molar-refractivity contribution in [2.24, 2.45) is 22.8 Å². The SMILES string of the molecule is C[n+]1ccn(CCCN=C2C=CC(=Nc3cc(Nc4ccccc4)c(N)cc3CN)C=C2)c1. The lowest BCUT2D eigenvalue weighted by Gasteiger charge is -2.13. The van der Waals surface area contributed by atoms with Crippen molar-refractivity contribution in [2.75, 3.05) is 17.6 Å². The van der Waals surface area contributed by atoms with Crippen LogP contribution in [-0.2, 0) is 20.1 Å². The van der Waals surface area contributed by atoms with Crippen molar-refractivity contribution in [3.63, 3.8) is 0 Å². The zero-order valence-electron chi connectivity index (χ0n) is 18.9. The first-order valence-corrected chi connectivity index (χ1v) is 11.1. The summed E-state index contributed by atoms with van der Waals surface area (Å²) in [6.45, 7) is 2.10. The Kier molecular flexibility index (Phi) is 7.12. The number of nitrogens with two attached hydrogens (primary N) is 2. The van der Waals surface area contributed by atoms with Gasteiger partial charge in [-0.15, -0.1) is 0 Å². The Morgan fingerprint density at radius 2 is 1.79 bits per heavy atom. The van der Waals surface area contributed by atoms with Crippen LogP contribution in [0.4, 0.5) is 22.7 Å². The summed E-state index contributed by atoms with van der Waals surface area (Å²) in [7, 11) is 2.02. The Hall–Kier alpha value is -3.97. The van der Waals surface area contributed by atoms with Gasteiger partial charge in [-0.2, -0.15) is 0 Å². The van der Waals surface area contributed by atoms with Crippen LogP contribution >= 0.6 is 0 Å².